The molecule has 0 aliphatic rings. The summed E-state index contributed by atoms with van der Waals surface area (Å²) in [5.74, 6) is -0.284. The minimum Gasteiger partial charge on any atom is -0.320 e. The fraction of sp³-hybridized carbons (Fsp3) is 0.111. The van der Waals surface area contributed by atoms with E-state index in [1.54, 1.807) is 16.4 Å². The van der Waals surface area contributed by atoms with Gasteiger partial charge in [-0.2, -0.15) is 5.10 Å². The molecule has 2 aromatic carbocycles. The second-order valence-electron chi connectivity index (χ2n) is 5.16. The first-order valence-corrected chi connectivity index (χ1v) is 9.21. The molecule has 1 N–H and O–H groups in total. The molecule has 7 heteroatoms. The third-order valence-electron chi connectivity index (χ3n) is 3.49. The van der Waals surface area contributed by atoms with Crippen LogP contribution in [-0.4, -0.2) is 15.7 Å². The number of nitrogens with zero attached hydrogens (tertiary/aromatic N) is 2. The van der Waals surface area contributed by atoms with Crippen molar-refractivity contribution < 1.29 is 4.79 Å². The number of amides is 1. The number of aryl methyl sites for hydroxylation is 1. The number of carbonyl (C=O) groups excluding carboxylic acids is 1. The van der Waals surface area contributed by atoms with Gasteiger partial charge in [-0.25, -0.2) is 0 Å². The fourth-order valence-electron chi connectivity index (χ4n) is 2.30. The van der Waals surface area contributed by atoms with Gasteiger partial charge in [-0.15, -0.1) is 0 Å². The first-order valence-electron chi connectivity index (χ1n) is 7.63. The van der Waals surface area contributed by atoms with Crippen molar-refractivity contribution in [3.05, 3.63) is 70.5 Å². The molecule has 0 aliphatic carbocycles. The Labute approximate surface area is 160 Å². The van der Waals surface area contributed by atoms with Gasteiger partial charge in [-0.05, 0) is 43.3 Å². The highest BCUT2D eigenvalue weighted by Crippen LogP contribution is 2.34. The highest BCUT2D eigenvalue weighted by Gasteiger charge is 2.18. The number of para-hydroxylation sites is 1. The number of aromatic nitrogens is 2. The second-order valence-corrected chi connectivity index (χ2v) is 7.12. The van der Waals surface area contributed by atoms with E-state index in [4.69, 9.17) is 23.2 Å². The smallest absolute Gasteiger partial charge is 0.275 e. The number of halogens is 2. The van der Waals surface area contributed by atoms with Gasteiger partial charge in [0.15, 0.2) is 0 Å². The summed E-state index contributed by atoms with van der Waals surface area (Å²) in [6, 6.07) is 15.2. The molecule has 3 aromatic rings. The van der Waals surface area contributed by atoms with E-state index >= 15 is 0 Å². The molecule has 0 saturated carbocycles. The summed E-state index contributed by atoms with van der Waals surface area (Å²) in [5, 5.41) is 8.05. The lowest BCUT2D eigenvalue weighted by Gasteiger charge is -2.12. The van der Waals surface area contributed by atoms with Crippen LogP contribution in [0.5, 0.6) is 0 Å². The lowest BCUT2D eigenvalue weighted by molar-refractivity contribution is 0.101. The number of carbonyl (C=O) groups is 1. The molecule has 0 aliphatic heterocycles. The van der Waals surface area contributed by atoms with Crippen molar-refractivity contribution in [3.63, 3.8) is 0 Å². The van der Waals surface area contributed by atoms with E-state index in [9.17, 15) is 4.79 Å². The second kappa shape index (κ2) is 7.95. The fourth-order valence-corrected chi connectivity index (χ4v) is 3.55. The summed E-state index contributed by atoms with van der Waals surface area (Å²) >= 11 is 13.6. The largest absolute Gasteiger partial charge is 0.320 e. The number of nitrogens with one attached hydrogen (secondary N) is 1. The van der Waals surface area contributed by atoms with Gasteiger partial charge >= 0.3 is 0 Å². The summed E-state index contributed by atoms with van der Waals surface area (Å²) in [6.07, 6.45) is 1.48. The van der Waals surface area contributed by atoms with Gasteiger partial charge < -0.3 is 5.32 Å². The van der Waals surface area contributed by atoms with Crippen molar-refractivity contribution in [2.24, 2.45) is 0 Å². The predicted octanol–water partition coefficient (Wildman–Crippen LogP) is 5.61. The summed E-state index contributed by atoms with van der Waals surface area (Å²) < 4.78 is 1.58. The molecule has 0 bridgehead atoms. The van der Waals surface area contributed by atoms with E-state index in [0.29, 0.717) is 28.0 Å². The summed E-state index contributed by atoms with van der Waals surface area (Å²) in [5.41, 5.74) is 1.07. The van der Waals surface area contributed by atoms with Crippen molar-refractivity contribution in [2.75, 3.05) is 5.32 Å². The maximum Gasteiger partial charge on any atom is 0.275 e. The van der Waals surface area contributed by atoms with Crippen LogP contribution in [0, 0.1) is 0 Å². The minimum atomic E-state index is -0.284. The van der Waals surface area contributed by atoms with Crippen LogP contribution in [0.1, 0.15) is 17.4 Å². The molecule has 1 aromatic heterocycles. The Hall–Kier alpha value is -1.95. The highest BCUT2D eigenvalue weighted by atomic mass is 35.5. The van der Waals surface area contributed by atoms with Crippen molar-refractivity contribution >= 4 is 46.6 Å². The molecule has 1 amide bonds. The van der Waals surface area contributed by atoms with Crippen LogP contribution in [0.25, 0.3) is 0 Å². The van der Waals surface area contributed by atoms with Gasteiger partial charge in [0.2, 0.25) is 0 Å². The lowest BCUT2D eigenvalue weighted by atomic mass is 10.3. The number of rotatable bonds is 5. The van der Waals surface area contributed by atoms with Crippen molar-refractivity contribution in [1.82, 2.24) is 9.78 Å². The summed E-state index contributed by atoms with van der Waals surface area (Å²) in [6.45, 7) is 2.47. The average molecular weight is 392 g/mol. The van der Waals surface area contributed by atoms with Crippen LogP contribution in [0.15, 0.2) is 64.5 Å². The van der Waals surface area contributed by atoms with E-state index in [-0.39, 0.29) is 5.91 Å². The molecule has 0 unspecified atom stereocenters. The van der Waals surface area contributed by atoms with E-state index in [0.717, 1.165) is 9.79 Å². The molecule has 0 saturated heterocycles. The van der Waals surface area contributed by atoms with Crippen molar-refractivity contribution in [1.29, 1.82) is 0 Å². The zero-order chi connectivity index (χ0) is 17.8. The highest BCUT2D eigenvalue weighted by molar-refractivity contribution is 7.99. The van der Waals surface area contributed by atoms with Gasteiger partial charge in [0.25, 0.3) is 5.91 Å². The number of hydrogen-bond donors (Lipinski definition) is 1. The molecule has 0 fully saturated rings. The van der Waals surface area contributed by atoms with Gasteiger partial charge in [0, 0.05) is 21.4 Å². The van der Waals surface area contributed by atoms with Crippen LogP contribution >= 0.6 is 35.0 Å². The molecular weight excluding hydrogens is 377 g/mol. The van der Waals surface area contributed by atoms with Crippen LogP contribution in [-0.2, 0) is 6.54 Å². The zero-order valence-electron chi connectivity index (χ0n) is 13.4. The Bertz CT molecular complexity index is 894. The molecule has 4 nitrogen and oxygen atoms in total. The quantitative estimate of drug-likeness (QED) is 0.614. The van der Waals surface area contributed by atoms with Crippen LogP contribution in [0.3, 0.4) is 0 Å². The van der Waals surface area contributed by atoms with Gasteiger partial charge in [-0.3, -0.25) is 9.48 Å². The third kappa shape index (κ3) is 4.18. The lowest BCUT2D eigenvalue weighted by Crippen LogP contribution is -2.18. The van der Waals surface area contributed by atoms with Crippen molar-refractivity contribution in [2.45, 2.75) is 23.3 Å². The standard InChI is InChI=1S/C18H15Cl2N3OS/c1-2-23-17(14(20)11-21-23)18(24)22-15-5-3-4-6-16(15)25-13-9-7-12(19)8-10-13/h3-11H,2H2,1H3,(H,22,24). The van der Waals surface area contributed by atoms with Crippen molar-refractivity contribution in [3.8, 4) is 0 Å². The van der Waals surface area contributed by atoms with Gasteiger partial charge in [0.05, 0.1) is 16.9 Å². The molecule has 128 valence electrons. The Morgan fingerprint density at radius 1 is 1.16 bits per heavy atom. The molecule has 0 radical (unpaired) electrons. The maximum absolute atomic E-state index is 12.6. The van der Waals surface area contributed by atoms with Gasteiger partial charge in [0.1, 0.15) is 5.69 Å². The molecular formula is C18H15Cl2N3OS. The Balaban J connectivity index is 1.84. The minimum absolute atomic E-state index is 0.284. The Morgan fingerprint density at radius 3 is 2.60 bits per heavy atom. The topological polar surface area (TPSA) is 46.9 Å². The first kappa shape index (κ1) is 17.9. The maximum atomic E-state index is 12.6. The summed E-state index contributed by atoms with van der Waals surface area (Å²) in [7, 11) is 0. The molecule has 3 rings (SSSR count). The SMILES string of the molecule is CCn1ncc(Cl)c1C(=O)Nc1ccccc1Sc1ccc(Cl)cc1. The zero-order valence-corrected chi connectivity index (χ0v) is 15.7. The Morgan fingerprint density at radius 2 is 1.88 bits per heavy atom. The number of benzene rings is 2. The van der Waals surface area contributed by atoms with Crippen LogP contribution in [0.2, 0.25) is 10.0 Å². The first-order chi connectivity index (χ1) is 12.1. The average Bonchev–Trinajstić information content (AvgIpc) is 2.99. The molecule has 0 spiro atoms. The van der Waals surface area contributed by atoms with Crippen LogP contribution in [0.4, 0.5) is 5.69 Å². The predicted molar refractivity (Wildman–Crippen MR) is 103 cm³/mol. The normalized spacial score (nSPS) is 10.7. The van der Waals surface area contributed by atoms with E-state index in [2.05, 4.69) is 10.4 Å². The van der Waals surface area contributed by atoms with Gasteiger partial charge in [-0.1, -0.05) is 47.1 Å². The monoisotopic (exact) mass is 391 g/mol. The number of hydrogen-bond acceptors (Lipinski definition) is 3. The molecule has 25 heavy (non-hydrogen) atoms. The summed E-state index contributed by atoms with van der Waals surface area (Å²) in [4.78, 5) is 14.6. The third-order valence-corrected chi connectivity index (χ3v) is 5.10. The molecule has 1 heterocycles. The van der Waals surface area contributed by atoms with Crippen LogP contribution < -0.4 is 5.32 Å². The van der Waals surface area contributed by atoms with E-state index < -0.39 is 0 Å². The van der Waals surface area contributed by atoms with E-state index in [1.165, 1.54) is 6.20 Å². The molecule has 0 atom stereocenters. The number of anilines is 1. The Kier molecular flexibility index (Phi) is 5.68. The van der Waals surface area contributed by atoms with E-state index in [1.807, 2.05) is 55.5 Å².